The van der Waals surface area contributed by atoms with Gasteiger partial charge in [-0.25, -0.2) is 13.6 Å². The van der Waals surface area contributed by atoms with Gasteiger partial charge in [-0.15, -0.1) is 0 Å². The first-order chi connectivity index (χ1) is 20.8. The molecule has 9 heteroatoms. The van der Waals surface area contributed by atoms with E-state index in [1.54, 1.807) is 6.07 Å². The highest BCUT2D eigenvalue weighted by molar-refractivity contribution is 5.99. The summed E-state index contributed by atoms with van der Waals surface area (Å²) in [4.78, 5) is 34.1. The number of piperidine rings is 1. The van der Waals surface area contributed by atoms with Gasteiger partial charge < -0.3 is 14.7 Å². The topological polar surface area (TPSA) is 83.0 Å². The summed E-state index contributed by atoms with van der Waals surface area (Å²) in [6.45, 7) is 7.22. The molecule has 1 saturated heterocycles. The molecule has 1 N–H and O–H groups in total. The number of carboxylic acid groups (broad SMARTS) is 1. The van der Waals surface area contributed by atoms with E-state index in [0.29, 0.717) is 60.2 Å². The summed E-state index contributed by atoms with van der Waals surface area (Å²) in [5, 5.41) is 9.63. The number of amides is 1. The van der Waals surface area contributed by atoms with Crippen molar-refractivity contribution in [3.8, 4) is 16.9 Å². The SMILES string of the molecule is CCOc1cc(CN2CCC(N3CCc4nc(CC)c(C(=O)O)cc4C3=O)CC2)cc(C2CC2)c1-c1ccc(F)c(F)c1. The number of ether oxygens (including phenoxy) is 1. The number of nitrogens with zero attached hydrogens (tertiary/aromatic N) is 3. The van der Waals surface area contributed by atoms with E-state index in [-0.39, 0.29) is 17.5 Å². The van der Waals surface area contributed by atoms with Crippen LogP contribution in [-0.4, -0.2) is 64.0 Å². The van der Waals surface area contributed by atoms with Crippen molar-refractivity contribution < 1.29 is 28.2 Å². The zero-order valence-electron chi connectivity index (χ0n) is 24.7. The van der Waals surface area contributed by atoms with Gasteiger partial charge in [0.25, 0.3) is 5.91 Å². The van der Waals surface area contributed by atoms with Crippen LogP contribution in [0.1, 0.15) is 88.7 Å². The van der Waals surface area contributed by atoms with Gasteiger partial charge in [0.05, 0.1) is 29.1 Å². The first-order valence-corrected chi connectivity index (χ1v) is 15.3. The van der Waals surface area contributed by atoms with E-state index < -0.39 is 17.6 Å². The van der Waals surface area contributed by atoms with Gasteiger partial charge in [-0.05, 0) is 85.9 Å². The summed E-state index contributed by atoms with van der Waals surface area (Å²) in [5.41, 5.74) is 5.47. The maximum atomic E-state index is 14.2. The Morgan fingerprint density at radius 2 is 1.79 bits per heavy atom. The third-order valence-corrected chi connectivity index (χ3v) is 8.95. The number of pyridine rings is 1. The zero-order chi connectivity index (χ0) is 30.2. The predicted octanol–water partition coefficient (Wildman–Crippen LogP) is 6.23. The van der Waals surface area contributed by atoms with Crippen molar-refractivity contribution in [3.05, 3.63) is 81.7 Å². The van der Waals surface area contributed by atoms with Crippen molar-refractivity contribution in [2.45, 2.75) is 70.9 Å². The molecule has 3 aromatic rings. The summed E-state index contributed by atoms with van der Waals surface area (Å²) >= 11 is 0. The molecule has 0 spiro atoms. The van der Waals surface area contributed by atoms with Crippen LogP contribution in [0.15, 0.2) is 36.4 Å². The Balaban J connectivity index is 1.17. The predicted molar refractivity (Wildman–Crippen MR) is 159 cm³/mol. The second-order valence-electron chi connectivity index (χ2n) is 11.8. The third-order valence-electron chi connectivity index (χ3n) is 8.95. The normalized spacial score (nSPS) is 17.7. The number of hydrogen-bond acceptors (Lipinski definition) is 5. The lowest BCUT2D eigenvalue weighted by molar-refractivity contribution is 0.0543. The number of aryl methyl sites for hydroxylation is 1. The summed E-state index contributed by atoms with van der Waals surface area (Å²) in [7, 11) is 0. The summed E-state index contributed by atoms with van der Waals surface area (Å²) in [5.74, 6) is -1.83. The van der Waals surface area contributed by atoms with Crippen molar-refractivity contribution in [2.24, 2.45) is 0 Å². The van der Waals surface area contributed by atoms with Crippen LogP contribution in [0.2, 0.25) is 0 Å². The number of aromatic carboxylic acids is 1. The van der Waals surface area contributed by atoms with Crippen molar-refractivity contribution in [1.29, 1.82) is 0 Å². The molecule has 2 fully saturated rings. The first kappa shape index (κ1) is 29.2. The number of halogens is 2. The van der Waals surface area contributed by atoms with E-state index in [0.717, 1.165) is 62.0 Å². The summed E-state index contributed by atoms with van der Waals surface area (Å²) in [6.07, 6.45) is 4.92. The molecule has 43 heavy (non-hydrogen) atoms. The van der Waals surface area contributed by atoms with Crippen LogP contribution >= 0.6 is 0 Å². The Hall–Kier alpha value is -3.85. The lowest BCUT2D eigenvalue weighted by atomic mass is 9.92. The van der Waals surface area contributed by atoms with Crippen LogP contribution in [0.4, 0.5) is 8.78 Å². The standard InChI is InChI=1S/C34H37F2N3O4/c1-3-29-26(34(41)42)18-25-30(37-29)11-14-39(33(25)40)23-9-12-38(13-10-23)19-20-15-24(21-5-6-21)32(31(16-20)43-4-2)22-7-8-27(35)28(36)17-22/h7-8,15-18,21,23H,3-6,9-14,19H2,1-2H3,(H,41,42). The Labute approximate surface area is 250 Å². The molecule has 3 aliphatic rings. The van der Waals surface area contributed by atoms with Gasteiger partial charge in [-0.1, -0.05) is 19.1 Å². The fraction of sp³-hybridized carbons (Fsp3) is 0.441. The number of carbonyl (C=O) groups is 2. The van der Waals surface area contributed by atoms with Crippen LogP contribution in [-0.2, 0) is 19.4 Å². The van der Waals surface area contributed by atoms with E-state index in [9.17, 15) is 23.5 Å². The molecule has 2 aromatic carbocycles. The molecule has 1 saturated carbocycles. The molecular formula is C34H37F2N3O4. The van der Waals surface area contributed by atoms with Crippen molar-refractivity contribution in [1.82, 2.24) is 14.8 Å². The average Bonchev–Trinajstić information content (AvgIpc) is 3.85. The van der Waals surface area contributed by atoms with Crippen LogP contribution in [0, 0.1) is 11.6 Å². The lowest BCUT2D eigenvalue weighted by Crippen LogP contribution is -2.50. The molecular weight excluding hydrogens is 552 g/mol. The Morgan fingerprint density at radius 3 is 2.44 bits per heavy atom. The fourth-order valence-electron chi connectivity index (χ4n) is 6.64. The second kappa shape index (κ2) is 12.0. The minimum atomic E-state index is -1.06. The molecule has 0 unspecified atom stereocenters. The smallest absolute Gasteiger partial charge is 0.337 e. The van der Waals surface area contributed by atoms with E-state index in [1.165, 1.54) is 18.2 Å². The minimum Gasteiger partial charge on any atom is -0.493 e. The highest BCUT2D eigenvalue weighted by atomic mass is 19.2. The van der Waals surface area contributed by atoms with Gasteiger partial charge in [-0.2, -0.15) is 0 Å². The molecule has 2 aliphatic heterocycles. The second-order valence-corrected chi connectivity index (χ2v) is 11.8. The number of benzene rings is 2. The van der Waals surface area contributed by atoms with E-state index in [2.05, 4.69) is 16.0 Å². The molecule has 1 aliphatic carbocycles. The number of rotatable bonds is 9. The summed E-state index contributed by atoms with van der Waals surface area (Å²) in [6, 6.07) is 9.88. The van der Waals surface area contributed by atoms with Crippen LogP contribution < -0.4 is 4.74 Å². The highest BCUT2D eigenvalue weighted by Gasteiger charge is 2.35. The average molecular weight is 590 g/mol. The maximum absolute atomic E-state index is 14.2. The number of fused-ring (bicyclic) bond motifs is 1. The molecule has 1 aromatic heterocycles. The number of likely N-dealkylation sites (tertiary alicyclic amines) is 1. The van der Waals surface area contributed by atoms with Crippen molar-refractivity contribution in [3.63, 3.8) is 0 Å². The van der Waals surface area contributed by atoms with Gasteiger partial charge in [0.15, 0.2) is 11.6 Å². The van der Waals surface area contributed by atoms with Crippen molar-refractivity contribution >= 4 is 11.9 Å². The van der Waals surface area contributed by atoms with Gasteiger partial charge in [-0.3, -0.25) is 14.7 Å². The largest absolute Gasteiger partial charge is 0.493 e. The molecule has 226 valence electrons. The Bertz CT molecular complexity index is 1560. The molecule has 3 heterocycles. The lowest BCUT2D eigenvalue weighted by Gasteiger charge is -2.40. The van der Waals surface area contributed by atoms with Crippen LogP contribution in [0.25, 0.3) is 11.1 Å². The monoisotopic (exact) mass is 589 g/mol. The van der Waals surface area contributed by atoms with E-state index in [1.807, 2.05) is 24.8 Å². The molecule has 7 nitrogen and oxygen atoms in total. The summed E-state index contributed by atoms with van der Waals surface area (Å²) < 4.78 is 34.0. The van der Waals surface area contributed by atoms with Crippen LogP contribution in [0.5, 0.6) is 5.75 Å². The van der Waals surface area contributed by atoms with Crippen LogP contribution in [0.3, 0.4) is 0 Å². The van der Waals surface area contributed by atoms with E-state index in [4.69, 9.17) is 4.74 Å². The Morgan fingerprint density at radius 1 is 1.02 bits per heavy atom. The molecule has 6 rings (SSSR count). The Kier molecular flexibility index (Phi) is 8.18. The zero-order valence-corrected chi connectivity index (χ0v) is 24.7. The number of aromatic nitrogens is 1. The highest BCUT2D eigenvalue weighted by Crippen LogP contribution is 2.48. The van der Waals surface area contributed by atoms with Gasteiger partial charge >= 0.3 is 5.97 Å². The molecule has 0 radical (unpaired) electrons. The number of hydrogen-bond donors (Lipinski definition) is 1. The maximum Gasteiger partial charge on any atom is 0.337 e. The van der Waals surface area contributed by atoms with Gasteiger partial charge in [0.2, 0.25) is 0 Å². The van der Waals surface area contributed by atoms with Crippen molar-refractivity contribution in [2.75, 3.05) is 26.2 Å². The van der Waals surface area contributed by atoms with Gasteiger partial charge in [0.1, 0.15) is 5.75 Å². The molecule has 1 amide bonds. The molecule has 0 atom stereocenters. The third kappa shape index (κ3) is 5.87. The fourth-order valence-corrected chi connectivity index (χ4v) is 6.64. The first-order valence-electron chi connectivity index (χ1n) is 15.3. The molecule has 0 bridgehead atoms. The quantitative estimate of drug-likeness (QED) is 0.319. The number of carbonyl (C=O) groups excluding carboxylic acids is 1. The minimum absolute atomic E-state index is 0.0905. The number of carboxylic acids is 1. The van der Waals surface area contributed by atoms with Gasteiger partial charge in [0, 0.05) is 44.2 Å². The van der Waals surface area contributed by atoms with E-state index >= 15 is 0 Å².